The fourth-order valence-corrected chi connectivity index (χ4v) is 4.31. The predicted octanol–water partition coefficient (Wildman–Crippen LogP) is 1.90. The third-order valence-electron chi connectivity index (χ3n) is 4.10. The van der Waals surface area contributed by atoms with Crippen molar-refractivity contribution in [2.24, 2.45) is 5.92 Å². The summed E-state index contributed by atoms with van der Waals surface area (Å²) in [6.07, 6.45) is 5.34. The molecule has 4 nitrogen and oxygen atoms in total. The molecule has 1 aromatic heterocycles. The topological polar surface area (TPSA) is 42.7 Å². The zero-order chi connectivity index (χ0) is 11.2. The van der Waals surface area contributed by atoms with Crippen molar-refractivity contribution in [3.8, 4) is 0 Å². The molecule has 2 aliphatic heterocycles. The molecule has 92 valence electrons. The first kappa shape index (κ1) is 10.4. The summed E-state index contributed by atoms with van der Waals surface area (Å²) in [5.74, 6) is 4.56. The third-order valence-corrected chi connectivity index (χ3v) is 5.47. The Kier molecular flexibility index (Phi) is 2.43. The summed E-state index contributed by atoms with van der Waals surface area (Å²) < 4.78 is 2.41. The van der Waals surface area contributed by atoms with Gasteiger partial charge in [-0.25, -0.2) is 0 Å². The number of thioether (sulfide) groups is 1. The van der Waals surface area contributed by atoms with E-state index in [0.717, 1.165) is 19.0 Å². The molecule has 0 amide bonds. The van der Waals surface area contributed by atoms with E-state index in [2.05, 4.69) is 31.8 Å². The first-order valence-corrected chi connectivity index (χ1v) is 7.76. The summed E-state index contributed by atoms with van der Waals surface area (Å²) in [5, 5.41) is 13.2. The molecule has 0 aromatic carbocycles. The van der Waals surface area contributed by atoms with Gasteiger partial charge in [-0.1, -0.05) is 0 Å². The van der Waals surface area contributed by atoms with Gasteiger partial charge in [0.05, 0.1) is 11.3 Å². The summed E-state index contributed by atoms with van der Waals surface area (Å²) in [4.78, 5) is 0. The number of aromatic nitrogens is 3. The van der Waals surface area contributed by atoms with Crippen LogP contribution in [0.25, 0.3) is 0 Å². The van der Waals surface area contributed by atoms with Crippen molar-refractivity contribution in [3.05, 3.63) is 11.6 Å². The fraction of sp³-hybridized carbons (Fsp3) is 0.833. The number of hydrogen-bond donors (Lipinski definition) is 1. The molecule has 1 aliphatic carbocycles. The Labute approximate surface area is 106 Å². The van der Waals surface area contributed by atoms with Crippen molar-refractivity contribution in [1.29, 1.82) is 0 Å². The highest BCUT2D eigenvalue weighted by Gasteiger charge is 2.38. The lowest BCUT2D eigenvalue weighted by atomic mass is 10.1. The molecule has 1 saturated carbocycles. The highest BCUT2D eigenvalue weighted by Crippen LogP contribution is 2.44. The Hall–Kier alpha value is -0.550. The molecule has 2 unspecified atom stereocenters. The van der Waals surface area contributed by atoms with Gasteiger partial charge in [0.2, 0.25) is 0 Å². The molecule has 1 aromatic rings. The first-order chi connectivity index (χ1) is 8.43. The molecule has 3 aliphatic rings. The Morgan fingerprint density at radius 1 is 1.18 bits per heavy atom. The molecule has 17 heavy (non-hydrogen) atoms. The van der Waals surface area contributed by atoms with Crippen LogP contribution < -0.4 is 5.32 Å². The predicted molar refractivity (Wildman–Crippen MR) is 67.9 cm³/mol. The van der Waals surface area contributed by atoms with E-state index in [1.54, 1.807) is 0 Å². The number of nitrogens with zero attached hydrogens (tertiary/aromatic N) is 3. The van der Waals surface area contributed by atoms with Gasteiger partial charge in [-0.2, -0.15) is 11.8 Å². The second-order valence-corrected chi connectivity index (χ2v) is 6.65. The quantitative estimate of drug-likeness (QED) is 0.870. The Balaban J connectivity index is 1.68. The monoisotopic (exact) mass is 250 g/mol. The van der Waals surface area contributed by atoms with Gasteiger partial charge in [-0.05, 0) is 37.4 Å². The van der Waals surface area contributed by atoms with Gasteiger partial charge >= 0.3 is 0 Å². The van der Waals surface area contributed by atoms with Crippen molar-refractivity contribution in [1.82, 2.24) is 20.1 Å². The molecule has 0 radical (unpaired) electrons. The van der Waals surface area contributed by atoms with Gasteiger partial charge in [-0.15, -0.1) is 10.2 Å². The van der Waals surface area contributed by atoms with Crippen LogP contribution in [0.4, 0.5) is 0 Å². The zero-order valence-corrected chi connectivity index (χ0v) is 10.7. The van der Waals surface area contributed by atoms with Crippen molar-refractivity contribution >= 4 is 11.8 Å². The maximum Gasteiger partial charge on any atom is 0.150 e. The average Bonchev–Trinajstić information content (AvgIpc) is 2.90. The fourth-order valence-electron chi connectivity index (χ4n) is 3.04. The van der Waals surface area contributed by atoms with Gasteiger partial charge in [0.1, 0.15) is 5.82 Å². The summed E-state index contributed by atoms with van der Waals surface area (Å²) >= 11 is 2.05. The normalized spacial score (nSPS) is 32.7. The maximum atomic E-state index is 4.49. The summed E-state index contributed by atoms with van der Waals surface area (Å²) in [5.41, 5.74) is 0. The van der Waals surface area contributed by atoms with E-state index in [1.807, 2.05) is 0 Å². The van der Waals surface area contributed by atoms with E-state index < -0.39 is 0 Å². The number of rotatable bonds is 2. The van der Waals surface area contributed by atoms with Crippen LogP contribution in [-0.2, 0) is 6.54 Å². The van der Waals surface area contributed by atoms with E-state index in [1.165, 1.54) is 43.1 Å². The van der Waals surface area contributed by atoms with Gasteiger partial charge in [0, 0.05) is 13.1 Å². The molecule has 5 heteroatoms. The average molecular weight is 250 g/mol. The Bertz CT molecular complexity index is 407. The smallest absolute Gasteiger partial charge is 0.150 e. The Morgan fingerprint density at radius 2 is 2.06 bits per heavy atom. The minimum Gasteiger partial charge on any atom is -0.311 e. The molecular formula is C12H18N4S. The van der Waals surface area contributed by atoms with Crippen LogP contribution in [-0.4, -0.2) is 27.1 Å². The van der Waals surface area contributed by atoms with E-state index in [4.69, 9.17) is 0 Å². The number of nitrogens with one attached hydrogen (secondary N) is 1. The minimum atomic E-state index is 0.483. The van der Waals surface area contributed by atoms with Crippen molar-refractivity contribution in [2.45, 2.75) is 43.5 Å². The zero-order valence-electron chi connectivity index (χ0n) is 9.93. The molecule has 1 saturated heterocycles. The van der Waals surface area contributed by atoms with Crippen LogP contribution in [0.2, 0.25) is 0 Å². The number of fused-ring (bicyclic) bond motifs is 1. The second kappa shape index (κ2) is 3.99. The van der Waals surface area contributed by atoms with Gasteiger partial charge in [0.25, 0.3) is 0 Å². The standard InChI is InChI=1S/C12H18N4S/c1-2-9(17-7-1)11-14-15-12-10(8-3-4-8)13-5-6-16(11)12/h8-10,13H,1-7H2. The van der Waals surface area contributed by atoms with Crippen molar-refractivity contribution in [3.63, 3.8) is 0 Å². The number of hydrogen-bond acceptors (Lipinski definition) is 4. The first-order valence-electron chi connectivity index (χ1n) is 6.71. The molecule has 2 atom stereocenters. The van der Waals surface area contributed by atoms with Crippen molar-refractivity contribution in [2.75, 3.05) is 12.3 Å². The lowest BCUT2D eigenvalue weighted by Crippen LogP contribution is -2.35. The molecule has 3 heterocycles. The molecular weight excluding hydrogens is 232 g/mol. The van der Waals surface area contributed by atoms with E-state index in [9.17, 15) is 0 Å². The van der Waals surface area contributed by atoms with Crippen LogP contribution in [0, 0.1) is 5.92 Å². The van der Waals surface area contributed by atoms with Crippen LogP contribution in [0.3, 0.4) is 0 Å². The maximum absolute atomic E-state index is 4.49. The molecule has 2 fully saturated rings. The van der Waals surface area contributed by atoms with Crippen LogP contribution in [0.1, 0.15) is 48.6 Å². The van der Waals surface area contributed by atoms with Gasteiger partial charge in [0.15, 0.2) is 5.82 Å². The van der Waals surface area contributed by atoms with Crippen molar-refractivity contribution < 1.29 is 0 Å². The molecule has 4 rings (SSSR count). The largest absolute Gasteiger partial charge is 0.311 e. The SMILES string of the molecule is C1CSC(c2nnc3n2CCNC3C2CC2)C1. The molecule has 1 N–H and O–H groups in total. The summed E-state index contributed by atoms with van der Waals surface area (Å²) in [6.45, 7) is 2.13. The van der Waals surface area contributed by atoms with E-state index >= 15 is 0 Å². The summed E-state index contributed by atoms with van der Waals surface area (Å²) in [7, 11) is 0. The van der Waals surface area contributed by atoms with Gasteiger partial charge in [-0.3, -0.25) is 0 Å². The highest BCUT2D eigenvalue weighted by molar-refractivity contribution is 7.99. The second-order valence-electron chi connectivity index (χ2n) is 5.34. The summed E-state index contributed by atoms with van der Waals surface area (Å²) in [6, 6.07) is 0.483. The third kappa shape index (κ3) is 1.71. The minimum absolute atomic E-state index is 0.483. The molecule has 0 bridgehead atoms. The van der Waals surface area contributed by atoms with Crippen LogP contribution in [0.15, 0.2) is 0 Å². The van der Waals surface area contributed by atoms with Gasteiger partial charge < -0.3 is 9.88 Å². The van der Waals surface area contributed by atoms with Crippen LogP contribution >= 0.6 is 11.8 Å². The van der Waals surface area contributed by atoms with E-state index in [0.29, 0.717) is 11.3 Å². The molecule has 0 spiro atoms. The van der Waals surface area contributed by atoms with Crippen LogP contribution in [0.5, 0.6) is 0 Å². The lowest BCUT2D eigenvalue weighted by molar-refractivity contribution is 0.376. The lowest BCUT2D eigenvalue weighted by Gasteiger charge is -2.25. The van der Waals surface area contributed by atoms with E-state index in [-0.39, 0.29) is 0 Å². The Morgan fingerprint density at radius 3 is 2.82 bits per heavy atom. The highest BCUT2D eigenvalue weighted by atomic mass is 32.2.